The summed E-state index contributed by atoms with van der Waals surface area (Å²) >= 11 is 0. The minimum Gasteiger partial charge on any atom is -0.326 e. The molecule has 0 saturated carbocycles. The summed E-state index contributed by atoms with van der Waals surface area (Å²) in [5.41, 5.74) is 5.13. The van der Waals surface area contributed by atoms with Crippen molar-refractivity contribution in [3.05, 3.63) is 77.7 Å². The van der Waals surface area contributed by atoms with Crippen molar-refractivity contribution in [2.45, 2.75) is 32.2 Å². The third kappa shape index (κ3) is 2.74. The number of nitrogens with zero attached hydrogens (tertiary/aromatic N) is 4. The van der Waals surface area contributed by atoms with E-state index >= 15 is 0 Å². The van der Waals surface area contributed by atoms with Gasteiger partial charge in [0.2, 0.25) is 0 Å². The van der Waals surface area contributed by atoms with E-state index in [1.54, 1.807) is 0 Å². The first-order valence-electron chi connectivity index (χ1n) is 9.81. The van der Waals surface area contributed by atoms with Gasteiger partial charge in [0.05, 0.1) is 0 Å². The summed E-state index contributed by atoms with van der Waals surface area (Å²) in [5, 5.41) is 0. The minimum absolute atomic E-state index is 0.0635. The average molecular weight is 370 g/mol. The van der Waals surface area contributed by atoms with Gasteiger partial charge in [-0.3, -0.25) is 4.79 Å². The van der Waals surface area contributed by atoms with Crippen LogP contribution in [-0.4, -0.2) is 28.5 Å². The Hall–Kier alpha value is -3.21. The number of carbonyl (C=O) groups excluding carboxylic acids is 1. The van der Waals surface area contributed by atoms with E-state index in [4.69, 9.17) is 0 Å². The summed E-state index contributed by atoms with van der Waals surface area (Å²) in [7, 11) is 0. The van der Waals surface area contributed by atoms with Gasteiger partial charge in [-0.1, -0.05) is 36.4 Å². The molecule has 2 aromatic carbocycles. The maximum atomic E-state index is 13.3. The lowest BCUT2D eigenvalue weighted by Gasteiger charge is -2.30. The van der Waals surface area contributed by atoms with Gasteiger partial charge in [-0.25, -0.2) is 9.97 Å². The first kappa shape index (κ1) is 16.9. The number of benzene rings is 2. The van der Waals surface area contributed by atoms with Gasteiger partial charge in [0.25, 0.3) is 5.91 Å². The zero-order valence-electron chi connectivity index (χ0n) is 15.9. The molecule has 0 bridgehead atoms. The predicted octanol–water partition coefficient (Wildman–Crippen LogP) is 4.15. The number of rotatable bonds is 2. The highest BCUT2D eigenvalue weighted by atomic mass is 16.2. The summed E-state index contributed by atoms with van der Waals surface area (Å²) < 4.78 is 0. The molecule has 1 aromatic heterocycles. The van der Waals surface area contributed by atoms with Crippen LogP contribution in [0.2, 0.25) is 0 Å². The van der Waals surface area contributed by atoms with Crippen molar-refractivity contribution in [2.24, 2.45) is 0 Å². The van der Waals surface area contributed by atoms with Crippen LogP contribution in [0.15, 0.2) is 60.9 Å². The fraction of sp³-hybridized carbons (Fsp3) is 0.261. The smallest absolute Gasteiger partial charge is 0.277 e. The molecule has 2 aliphatic heterocycles. The lowest BCUT2D eigenvalue weighted by Crippen LogP contribution is -2.36. The number of amides is 1. The van der Waals surface area contributed by atoms with Crippen LogP contribution < -0.4 is 9.80 Å². The Morgan fingerprint density at radius 3 is 2.61 bits per heavy atom. The van der Waals surface area contributed by atoms with Gasteiger partial charge >= 0.3 is 0 Å². The summed E-state index contributed by atoms with van der Waals surface area (Å²) in [6, 6.07) is 18.5. The summed E-state index contributed by atoms with van der Waals surface area (Å²) in [6.45, 7) is 2.98. The number of aryl methyl sites for hydroxylation is 1. The maximum Gasteiger partial charge on any atom is 0.277 e. The van der Waals surface area contributed by atoms with Crippen LogP contribution in [0.5, 0.6) is 0 Å². The molecule has 3 heterocycles. The van der Waals surface area contributed by atoms with Crippen molar-refractivity contribution in [3.8, 4) is 0 Å². The van der Waals surface area contributed by atoms with Gasteiger partial charge < -0.3 is 9.80 Å². The fourth-order valence-corrected chi connectivity index (χ4v) is 4.38. The van der Waals surface area contributed by atoms with Gasteiger partial charge in [0, 0.05) is 30.0 Å². The zero-order chi connectivity index (χ0) is 19.1. The zero-order valence-corrected chi connectivity index (χ0v) is 15.9. The fourth-order valence-electron chi connectivity index (χ4n) is 4.38. The molecule has 1 unspecified atom stereocenters. The molecule has 5 heteroatoms. The normalized spacial score (nSPS) is 18.0. The maximum absolute atomic E-state index is 13.3. The van der Waals surface area contributed by atoms with E-state index in [1.165, 1.54) is 23.1 Å². The monoisotopic (exact) mass is 370 g/mol. The molecule has 28 heavy (non-hydrogen) atoms. The second-order valence-electron chi connectivity index (χ2n) is 7.50. The SMILES string of the molecule is CC1Cc2ccccc2N1C(=O)c1cc(N2CCCc3ccccc32)ncn1. The molecular weight excluding hydrogens is 348 g/mol. The quantitative estimate of drug-likeness (QED) is 0.680. The Morgan fingerprint density at radius 2 is 1.75 bits per heavy atom. The first-order chi connectivity index (χ1) is 13.7. The highest BCUT2D eigenvalue weighted by Crippen LogP contribution is 2.34. The third-order valence-electron chi connectivity index (χ3n) is 5.68. The van der Waals surface area contributed by atoms with Crippen molar-refractivity contribution in [1.29, 1.82) is 0 Å². The molecule has 0 spiro atoms. The first-order valence-corrected chi connectivity index (χ1v) is 9.81. The summed E-state index contributed by atoms with van der Waals surface area (Å²) in [5.74, 6) is 0.719. The molecule has 5 rings (SSSR count). The Morgan fingerprint density at radius 1 is 1.00 bits per heavy atom. The van der Waals surface area contributed by atoms with E-state index < -0.39 is 0 Å². The lowest BCUT2D eigenvalue weighted by molar-refractivity contribution is 0.0976. The van der Waals surface area contributed by atoms with Crippen molar-refractivity contribution in [3.63, 3.8) is 0 Å². The van der Waals surface area contributed by atoms with Crippen molar-refractivity contribution >= 4 is 23.1 Å². The number of hydrogen-bond donors (Lipinski definition) is 0. The van der Waals surface area contributed by atoms with Crippen LogP contribution >= 0.6 is 0 Å². The van der Waals surface area contributed by atoms with Gasteiger partial charge in [-0.2, -0.15) is 0 Å². The second kappa shape index (κ2) is 6.75. The number of hydrogen-bond acceptors (Lipinski definition) is 4. The molecule has 3 aromatic rings. The van der Waals surface area contributed by atoms with Crippen molar-refractivity contribution in [1.82, 2.24) is 9.97 Å². The van der Waals surface area contributed by atoms with E-state index in [0.717, 1.165) is 37.3 Å². The van der Waals surface area contributed by atoms with Crippen molar-refractivity contribution < 1.29 is 4.79 Å². The molecule has 0 saturated heterocycles. The molecule has 0 radical (unpaired) electrons. The Labute approximate surface area is 164 Å². The topological polar surface area (TPSA) is 49.3 Å². The Kier molecular flexibility index (Phi) is 4.08. The highest BCUT2D eigenvalue weighted by molar-refractivity contribution is 6.06. The van der Waals surface area contributed by atoms with E-state index in [-0.39, 0.29) is 11.9 Å². The molecule has 1 amide bonds. The second-order valence-corrected chi connectivity index (χ2v) is 7.50. The lowest BCUT2D eigenvalue weighted by atomic mass is 10.0. The van der Waals surface area contributed by atoms with Gasteiger partial charge in [0.15, 0.2) is 0 Å². The molecule has 2 aliphatic rings. The molecule has 5 nitrogen and oxygen atoms in total. The van der Waals surface area contributed by atoms with Crippen LogP contribution in [-0.2, 0) is 12.8 Å². The molecule has 140 valence electrons. The van der Waals surface area contributed by atoms with Crippen LogP contribution in [0.25, 0.3) is 0 Å². The van der Waals surface area contributed by atoms with Crippen molar-refractivity contribution in [2.75, 3.05) is 16.3 Å². The van der Waals surface area contributed by atoms with E-state index in [1.807, 2.05) is 35.2 Å². The third-order valence-corrected chi connectivity index (χ3v) is 5.68. The molecule has 1 atom stereocenters. The molecule has 0 fully saturated rings. The average Bonchev–Trinajstić information content (AvgIpc) is 3.08. The van der Waals surface area contributed by atoms with Crippen LogP contribution in [0.1, 0.15) is 35.0 Å². The summed E-state index contributed by atoms with van der Waals surface area (Å²) in [6.07, 6.45) is 4.53. The predicted molar refractivity (Wildman–Crippen MR) is 110 cm³/mol. The number of fused-ring (bicyclic) bond motifs is 2. The van der Waals surface area contributed by atoms with Crippen LogP contribution in [0, 0.1) is 0 Å². The highest BCUT2D eigenvalue weighted by Gasteiger charge is 2.32. The Balaban J connectivity index is 1.50. The molecular formula is C23H22N4O. The minimum atomic E-state index is -0.0635. The summed E-state index contributed by atoms with van der Waals surface area (Å²) in [4.78, 5) is 26.2. The number of para-hydroxylation sites is 2. The van der Waals surface area contributed by atoms with E-state index in [9.17, 15) is 4.79 Å². The largest absolute Gasteiger partial charge is 0.326 e. The van der Waals surface area contributed by atoms with Crippen LogP contribution in [0.4, 0.5) is 17.2 Å². The number of anilines is 3. The number of aromatic nitrogens is 2. The standard InChI is InChI=1S/C23H22N4O/c1-16-13-18-8-3-5-11-21(18)27(16)23(28)19-14-22(25-15-24-19)26-12-6-9-17-7-2-4-10-20(17)26/h2-5,7-8,10-11,14-16H,6,9,12-13H2,1H3. The Bertz CT molecular complexity index is 1050. The van der Waals surface area contributed by atoms with Gasteiger partial charge in [0.1, 0.15) is 17.8 Å². The van der Waals surface area contributed by atoms with E-state index in [0.29, 0.717) is 5.69 Å². The molecule has 0 N–H and O–H groups in total. The molecule has 0 aliphatic carbocycles. The van der Waals surface area contributed by atoms with Gasteiger partial charge in [-0.15, -0.1) is 0 Å². The van der Waals surface area contributed by atoms with Gasteiger partial charge in [-0.05, 0) is 49.4 Å². The van der Waals surface area contributed by atoms with Crippen LogP contribution in [0.3, 0.4) is 0 Å². The van der Waals surface area contributed by atoms with E-state index in [2.05, 4.69) is 46.1 Å². The number of carbonyl (C=O) groups is 1.